The van der Waals surface area contributed by atoms with Crippen LogP contribution in [0.5, 0.6) is 0 Å². The van der Waals surface area contributed by atoms with Crippen LogP contribution in [-0.4, -0.2) is 10.7 Å². The molecule has 122 valence electrons. The molecule has 6 unspecified atom stereocenters. The van der Waals surface area contributed by atoms with Gasteiger partial charge in [-0.2, -0.15) is 0 Å². The summed E-state index contributed by atoms with van der Waals surface area (Å²) < 4.78 is 0. The van der Waals surface area contributed by atoms with Crippen molar-refractivity contribution < 1.29 is 5.11 Å². The zero-order chi connectivity index (χ0) is 14.5. The molecule has 13 aliphatic carbocycles. The molecule has 1 heteroatoms. The third kappa shape index (κ3) is 0.825. The Morgan fingerprint density at radius 3 is 1.83 bits per heavy atom. The molecule has 13 aliphatic rings. The number of aliphatic hydroxyl groups is 1. The molecule has 0 aromatic heterocycles. The van der Waals surface area contributed by atoms with Gasteiger partial charge >= 0.3 is 0 Å². The van der Waals surface area contributed by atoms with Crippen molar-refractivity contribution in [2.45, 2.75) is 57.0 Å². The molecule has 0 aromatic carbocycles. The average molecular weight is 308 g/mol. The molecule has 0 aliphatic heterocycles. The van der Waals surface area contributed by atoms with Gasteiger partial charge in [0.25, 0.3) is 0 Å². The van der Waals surface area contributed by atoms with E-state index < -0.39 is 0 Å². The van der Waals surface area contributed by atoms with Gasteiger partial charge in [-0.3, -0.25) is 0 Å². The van der Waals surface area contributed by atoms with Crippen LogP contribution in [0.3, 0.4) is 0 Å². The van der Waals surface area contributed by atoms with Crippen LogP contribution < -0.4 is 0 Å². The van der Waals surface area contributed by atoms with E-state index in [1.165, 1.54) is 19.3 Å². The minimum absolute atomic E-state index is 0.216. The van der Waals surface area contributed by atoms with Gasteiger partial charge in [-0.25, -0.2) is 0 Å². The lowest BCUT2D eigenvalue weighted by molar-refractivity contribution is -0.444. The summed E-state index contributed by atoms with van der Waals surface area (Å²) in [5.41, 5.74) is 1.28. The largest absolute Gasteiger partial charge is 0.390 e. The molecule has 13 saturated carbocycles. The van der Waals surface area contributed by atoms with Crippen molar-refractivity contribution in [1.82, 2.24) is 0 Å². The van der Waals surface area contributed by atoms with Gasteiger partial charge < -0.3 is 5.11 Å². The SMILES string of the molecule is OC12C[C@@H]3C4CC56CC7C[C@@H]8C9CC(C1)([C@@H]3[C@H]5[C@H]9C7)[C@@H]([C@H]86)[C@H]4C2. The number of rotatable bonds is 0. The van der Waals surface area contributed by atoms with Crippen molar-refractivity contribution in [3.63, 3.8) is 0 Å². The first kappa shape index (κ1) is 11.6. The van der Waals surface area contributed by atoms with Crippen LogP contribution in [0.4, 0.5) is 0 Å². The first-order chi connectivity index (χ1) is 11.1. The van der Waals surface area contributed by atoms with Crippen LogP contribution in [-0.2, 0) is 0 Å². The lowest BCUT2D eigenvalue weighted by Crippen LogP contribution is -2.87. The lowest BCUT2D eigenvalue weighted by atomic mass is 9.13. The minimum Gasteiger partial charge on any atom is -0.390 e. The highest BCUT2D eigenvalue weighted by Crippen LogP contribution is 2.92. The Balaban J connectivity index is 1.41. The van der Waals surface area contributed by atoms with Crippen molar-refractivity contribution in [2.24, 2.45) is 75.9 Å². The second kappa shape index (κ2) is 2.78. The van der Waals surface area contributed by atoms with Gasteiger partial charge in [-0.05, 0) is 127 Å². The lowest BCUT2D eigenvalue weighted by Gasteiger charge is -2.91. The maximum Gasteiger partial charge on any atom is 0.0659 e. The van der Waals surface area contributed by atoms with Crippen molar-refractivity contribution in [2.75, 3.05) is 0 Å². The molecule has 0 aromatic rings. The molecular formula is C22H28O. The Bertz CT molecular complexity index is 654. The van der Waals surface area contributed by atoms with E-state index in [0.717, 1.165) is 70.5 Å². The summed E-state index contributed by atoms with van der Waals surface area (Å²) in [6.45, 7) is 0. The fourth-order valence-corrected chi connectivity index (χ4v) is 13.5. The monoisotopic (exact) mass is 308 g/mol. The number of hydrogen-bond donors (Lipinski definition) is 1. The van der Waals surface area contributed by atoms with Gasteiger partial charge in [-0.15, -0.1) is 0 Å². The topological polar surface area (TPSA) is 20.2 Å². The fraction of sp³-hybridized carbons (Fsp3) is 1.00. The summed E-state index contributed by atoms with van der Waals surface area (Å²) in [6.07, 6.45) is 11.8. The van der Waals surface area contributed by atoms with E-state index in [2.05, 4.69) is 0 Å². The van der Waals surface area contributed by atoms with Gasteiger partial charge in [-0.1, -0.05) is 0 Å². The zero-order valence-electron chi connectivity index (χ0n) is 14.0. The quantitative estimate of drug-likeness (QED) is 0.723. The maximum atomic E-state index is 11.4. The van der Waals surface area contributed by atoms with Crippen LogP contribution in [0.2, 0.25) is 0 Å². The summed E-state index contributed by atoms with van der Waals surface area (Å²) in [5, 5.41) is 11.4. The minimum atomic E-state index is -0.216. The summed E-state index contributed by atoms with van der Waals surface area (Å²) in [4.78, 5) is 0. The van der Waals surface area contributed by atoms with Crippen molar-refractivity contribution in [3.8, 4) is 0 Å². The van der Waals surface area contributed by atoms with Crippen LogP contribution in [0.25, 0.3) is 0 Å². The third-order valence-electron chi connectivity index (χ3n) is 12.5. The zero-order valence-corrected chi connectivity index (χ0v) is 14.0. The molecule has 13 rings (SSSR count). The molecule has 14 bridgehead atoms. The molecule has 23 heavy (non-hydrogen) atoms. The van der Waals surface area contributed by atoms with E-state index in [1.54, 1.807) is 32.1 Å². The van der Waals surface area contributed by atoms with Gasteiger partial charge in [0.15, 0.2) is 0 Å². The molecule has 0 heterocycles. The summed E-state index contributed by atoms with van der Waals surface area (Å²) in [6, 6.07) is 0. The smallest absolute Gasteiger partial charge is 0.0659 e. The van der Waals surface area contributed by atoms with E-state index in [4.69, 9.17) is 0 Å². The van der Waals surface area contributed by atoms with Gasteiger partial charge in [0.05, 0.1) is 5.60 Å². The third-order valence-corrected chi connectivity index (χ3v) is 12.5. The Morgan fingerprint density at radius 1 is 0.565 bits per heavy atom. The molecular weight excluding hydrogens is 280 g/mol. The Kier molecular flexibility index (Phi) is 1.39. The van der Waals surface area contributed by atoms with Crippen LogP contribution >= 0.6 is 0 Å². The van der Waals surface area contributed by atoms with Gasteiger partial charge in [0.1, 0.15) is 0 Å². The van der Waals surface area contributed by atoms with Crippen LogP contribution in [0.1, 0.15) is 51.4 Å². The van der Waals surface area contributed by atoms with Gasteiger partial charge in [0.2, 0.25) is 0 Å². The summed E-state index contributed by atoms with van der Waals surface area (Å²) >= 11 is 0. The maximum absolute atomic E-state index is 11.4. The first-order valence-corrected chi connectivity index (χ1v) is 10.9. The summed E-state index contributed by atoms with van der Waals surface area (Å²) in [5.74, 6) is 12.0. The molecule has 1 nitrogen and oxygen atoms in total. The Morgan fingerprint density at radius 2 is 1.13 bits per heavy atom. The van der Waals surface area contributed by atoms with Crippen molar-refractivity contribution in [1.29, 1.82) is 0 Å². The van der Waals surface area contributed by atoms with E-state index in [-0.39, 0.29) is 5.60 Å². The Hall–Kier alpha value is -0.0400. The predicted octanol–water partition coefficient (Wildman–Crippen LogP) is 3.71. The fourth-order valence-electron chi connectivity index (χ4n) is 13.5. The van der Waals surface area contributed by atoms with Gasteiger partial charge in [0, 0.05) is 0 Å². The normalized spacial score (nSPS) is 85.2. The first-order valence-electron chi connectivity index (χ1n) is 10.9. The van der Waals surface area contributed by atoms with Crippen LogP contribution in [0.15, 0.2) is 0 Å². The molecule has 1 N–H and O–H groups in total. The standard InChI is InChI=1S/C22H28O/c23-20-4-14-13-6-21-3-9-1-10-12-7-22(8-20,18(14)16(10)21)19(15(13)5-20)17(21)11(12)2-9/h9-19,23H,1-8H2/t9?,10-,11+,12?,13?,14+,15-,16+,17-,18-,19+,20?,21?,22?. The summed E-state index contributed by atoms with van der Waals surface area (Å²) in [7, 11) is 0. The average Bonchev–Trinajstić information content (AvgIpc) is 2.51. The molecule has 0 saturated heterocycles. The van der Waals surface area contributed by atoms with Crippen LogP contribution in [0, 0.1) is 75.9 Å². The molecule has 2 spiro atoms. The number of hydrogen-bond acceptors (Lipinski definition) is 1. The highest BCUT2D eigenvalue weighted by molar-refractivity contribution is 5.36. The molecule has 13 fully saturated rings. The molecule has 0 amide bonds. The van der Waals surface area contributed by atoms with E-state index in [9.17, 15) is 5.11 Å². The second-order valence-electron chi connectivity index (χ2n) is 12.3. The molecule has 0 radical (unpaired) electrons. The van der Waals surface area contributed by atoms with Crippen molar-refractivity contribution in [3.05, 3.63) is 0 Å². The molecule has 14 atom stereocenters. The second-order valence-corrected chi connectivity index (χ2v) is 12.3. The predicted molar refractivity (Wildman–Crippen MR) is 85.1 cm³/mol. The van der Waals surface area contributed by atoms with E-state index in [1.807, 2.05) is 0 Å². The van der Waals surface area contributed by atoms with Crippen molar-refractivity contribution >= 4 is 0 Å². The van der Waals surface area contributed by atoms with E-state index >= 15 is 0 Å². The Labute approximate surface area is 138 Å². The highest BCUT2D eigenvalue weighted by atomic mass is 16.3. The highest BCUT2D eigenvalue weighted by Gasteiger charge is 2.88. The van der Waals surface area contributed by atoms with E-state index in [0.29, 0.717) is 5.41 Å².